The van der Waals surface area contributed by atoms with Crippen LogP contribution in [0, 0.1) is 17.1 Å². The van der Waals surface area contributed by atoms with Gasteiger partial charge in [0.2, 0.25) is 5.91 Å². The summed E-state index contributed by atoms with van der Waals surface area (Å²) in [5.41, 5.74) is 1.34. The molecule has 0 radical (unpaired) electrons. The molecular formula is C31H34ClF2N7O3. The van der Waals surface area contributed by atoms with Crippen molar-refractivity contribution >= 4 is 34.9 Å². The number of amides is 2. The van der Waals surface area contributed by atoms with Crippen LogP contribution in [-0.4, -0.2) is 83.5 Å². The summed E-state index contributed by atoms with van der Waals surface area (Å²) in [7, 11) is 2.05. The summed E-state index contributed by atoms with van der Waals surface area (Å²) < 4.78 is 34.4. The first-order valence-corrected chi connectivity index (χ1v) is 15.3. The topological polar surface area (TPSA) is 115 Å². The molecule has 1 N–H and O–H groups in total. The van der Waals surface area contributed by atoms with Crippen LogP contribution < -0.4 is 15.0 Å². The zero-order chi connectivity index (χ0) is 31.2. The Morgan fingerprint density at radius 1 is 1.27 bits per heavy atom. The van der Waals surface area contributed by atoms with Gasteiger partial charge >= 0.3 is 6.01 Å². The molecule has 1 aromatic carbocycles. The van der Waals surface area contributed by atoms with Crippen LogP contribution in [0.15, 0.2) is 24.5 Å². The van der Waals surface area contributed by atoms with Crippen molar-refractivity contribution in [2.45, 2.75) is 62.4 Å². The number of hydrogen-bond acceptors (Lipinski definition) is 8. The highest BCUT2D eigenvalue weighted by molar-refractivity contribution is 6.31. The van der Waals surface area contributed by atoms with Crippen molar-refractivity contribution in [3.05, 3.63) is 52.2 Å². The second-order valence-electron chi connectivity index (χ2n) is 12.1. The van der Waals surface area contributed by atoms with Gasteiger partial charge in [0, 0.05) is 32.1 Å². The van der Waals surface area contributed by atoms with Gasteiger partial charge < -0.3 is 24.8 Å². The molecule has 3 aliphatic heterocycles. The van der Waals surface area contributed by atoms with E-state index in [-0.39, 0.29) is 55.5 Å². The quantitative estimate of drug-likeness (QED) is 0.481. The largest absolute Gasteiger partial charge is 0.462 e. The van der Waals surface area contributed by atoms with Gasteiger partial charge in [-0.15, -0.1) is 0 Å². The molecule has 4 heterocycles. The van der Waals surface area contributed by atoms with E-state index < -0.39 is 29.0 Å². The highest BCUT2D eigenvalue weighted by atomic mass is 35.5. The molecule has 1 aliphatic carbocycles. The van der Waals surface area contributed by atoms with Gasteiger partial charge in [-0.1, -0.05) is 24.2 Å². The average molecular weight is 626 g/mol. The monoisotopic (exact) mass is 625 g/mol. The molecule has 0 saturated carbocycles. The van der Waals surface area contributed by atoms with Gasteiger partial charge in [0.25, 0.3) is 5.91 Å². The highest BCUT2D eigenvalue weighted by Gasteiger charge is 2.49. The Morgan fingerprint density at radius 2 is 2.09 bits per heavy atom. The van der Waals surface area contributed by atoms with Crippen molar-refractivity contribution in [3.8, 4) is 12.1 Å². The first kappa shape index (κ1) is 30.2. The van der Waals surface area contributed by atoms with E-state index in [1.807, 2.05) is 4.90 Å². The van der Waals surface area contributed by atoms with Gasteiger partial charge in [-0.05, 0) is 62.9 Å². The maximum Gasteiger partial charge on any atom is 0.318 e. The number of benzene rings is 1. The Morgan fingerprint density at radius 3 is 2.82 bits per heavy atom. The highest BCUT2D eigenvalue weighted by Crippen LogP contribution is 2.48. The number of halogens is 3. The molecule has 2 saturated heterocycles. The van der Waals surface area contributed by atoms with Gasteiger partial charge in [-0.25, -0.2) is 8.78 Å². The summed E-state index contributed by atoms with van der Waals surface area (Å²) in [5, 5.41) is 12.6. The average Bonchev–Trinajstić information content (AvgIpc) is 3.42. The van der Waals surface area contributed by atoms with E-state index in [1.54, 1.807) is 6.07 Å². The lowest BCUT2D eigenvalue weighted by atomic mass is 9.65. The predicted octanol–water partition coefficient (Wildman–Crippen LogP) is 3.93. The maximum atomic E-state index is 14.4. The molecule has 1 spiro atoms. The fourth-order valence-electron chi connectivity index (χ4n) is 7.14. The molecule has 6 rings (SSSR count). The van der Waals surface area contributed by atoms with Crippen molar-refractivity contribution in [3.63, 3.8) is 0 Å². The van der Waals surface area contributed by atoms with E-state index in [0.29, 0.717) is 54.2 Å². The summed E-state index contributed by atoms with van der Waals surface area (Å²) in [6.07, 6.45) is 4.04. The first-order valence-electron chi connectivity index (χ1n) is 14.9. The molecule has 1 unspecified atom stereocenters. The first-order chi connectivity index (χ1) is 21.1. The minimum atomic E-state index is -1.08. The Hall–Kier alpha value is -3.82. The van der Waals surface area contributed by atoms with Gasteiger partial charge in [-0.2, -0.15) is 15.2 Å². The Bertz CT molecular complexity index is 1570. The number of rotatable bonds is 6. The molecule has 1 aromatic heterocycles. The fraction of sp³-hybridized carbons (Fsp3) is 0.516. The minimum absolute atomic E-state index is 0.0241. The zero-order valence-electron chi connectivity index (χ0n) is 24.5. The second kappa shape index (κ2) is 11.9. The number of nitrogens with one attached hydrogen (secondary N) is 1. The van der Waals surface area contributed by atoms with Crippen LogP contribution in [0.2, 0.25) is 5.02 Å². The minimum Gasteiger partial charge on any atom is -0.462 e. The summed E-state index contributed by atoms with van der Waals surface area (Å²) in [4.78, 5) is 41.5. The van der Waals surface area contributed by atoms with Crippen molar-refractivity contribution in [2.75, 3.05) is 50.1 Å². The molecule has 10 nitrogen and oxygen atoms in total. The van der Waals surface area contributed by atoms with E-state index in [1.165, 1.54) is 11.0 Å². The normalized spacial score (nSPS) is 24.8. The SMILES string of the molecule is C=C(F)C(=O)N1CCN(c2nc(OC[C@@H]3CCCN3C)nc3c2NC(=O)C2(CCCc4c2ccc(F)c4Cl)C3)C[C@@H]1CC#N. The number of nitrogens with zero attached hydrogens (tertiary/aromatic N) is 6. The molecule has 0 bridgehead atoms. The number of likely N-dealkylation sites (tertiary alicyclic amines) is 1. The third-order valence-electron chi connectivity index (χ3n) is 9.51. The van der Waals surface area contributed by atoms with Crippen LogP contribution in [0.1, 0.15) is 48.9 Å². The number of hydrogen-bond donors (Lipinski definition) is 1. The Kier molecular flexibility index (Phi) is 8.20. The third-order valence-corrected chi connectivity index (χ3v) is 9.92. The second-order valence-corrected chi connectivity index (χ2v) is 12.4. The van der Waals surface area contributed by atoms with Crippen LogP contribution >= 0.6 is 11.6 Å². The number of ether oxygens (including phenoxy) is 1. The molecule has 44 heavy (non-hydrogen) atoms. The zero-order valence-corrected chi connectivity index (χ0v) is 25.3. The number of aromatic nitrogens is 2. The van der Waals surface area contributed by atoms with Gasteiger partial charge in [0.1, 0.15) is 18.1 Å². The number of nitriles is 1. The van der Waals surface area contributed by atoms with Gasteiger partial charge in [0.05, 0.1) is 34.7 Å². The van der Waals surface area contributed by atoms with Crippen LogP contribution in [-0.2, 0) is 27.8 Å². The van der Waals surface area contributed by atoms with Crippen LogP contribution in [0.4, 0.5) is 20.3 Å². The molecule has 232 valence electrons. The molecule has 3 atom stereocenters. The van der Waals surface area contributed by atoms with Crippen molar-refractivity contribution in [2.24, 2.45) is 0 Å². The van der Waals surface area contributed by atoms with E-state index in [9.17, 15) is 23.6 Å². The maximum absolute atomic E-state index is 14.4. The number of fused-ring (bicyclic) bond motifs is 3. The number of anilines is 2. The Labute approximate surface area is 259 Å². The lowest BCUT2D eigenvalue weighted by Crippen LogP contribution is -2.56. The third kappa shape index (κ3) is 5.26. The van der Waals surface area contributed by atoms with E-state index in [0.717, 1.165) is 19.4 Å². The van der Waals surface area contributed by atoms with E-state index >= 15 is 0 Å². The number of likely N-dealkylation sites (N-methyl/N-ethyl adjacent to an activating group) is 1. The lowest BCUT2D eigenvalue weighted by Gasteiger charge is -2.44. The van der Waals surface area contributed by atoms with Crippen molar-refractivity contribution < 1.29 is 23.1 Å². The molecule has 4 aliphatic rings. The molecule has 2 fully saturated rings. The number of piperazine rings is 1. The van der Waals surface area contributed by atoms with E-state index in [4.69, 9.17) is 26.3 Å². The predicted molar refractivity (Wildman–Crippen MR) is 160 cm³/mol. The van der Waals surface area contributed by atoms with Gasteiger partial charge in [0.15, 0.2) is 11.6 Å². The van der Waals surface area contributed by atoms with Crippen molar-refractivity contribution in [1.82, 2.24) is 19.8 Å². The molecule has 13 heteroatoms. The standard InChI is InChI=1S/C31H34ClF2N7O3/c1-18(33)28(42)41-14-13-40(16-19(41)9-11-35)27-26-24(36-30(38-27)44-17-20-5-4-12-39(20)2)15-31(29(43)37-26)10-3-6-21-22(31)7-8-23(34)25(21)32/h7-8,19-20H,1,3-6,9-10,12-17H2,2H3,(H,37,43)/t19-,20-,31?/m0/s1. The smallest absolute Gasteiger partial charge is 0.318 e. The summed E-state index contributed by atoms with van der Waals surface area (Å²) in [6, 6.07) is 4.79. The number of carbonyl (C=O) groups is 2. The number of carbonyl (C=O) groups excluding carboxylic acids is 2. The van der Waals surface area contributed by atoms with E-state index in [2.05, 4.69) is 29.9 Å². The molecule has 2 amide bonds. The van der Waals surface area contributed by atoms with Crippen LogP contribution in [0.5, 0.6) is 6.01 Å². The van der Waals surface area contributed by atoms with Crippen LogP contribution in [0.3, 0.4) is 0 Å². The fourth-order valence-corrected chi connectivity index (χ4v) is 7.40. The summed E-state index contributed by atoms with van der Waals surface area (Å²) in [6.45, 7) is 5.09. The Balaban J connectivity index is 1.39. The summed E-state index contributed by atoms with van der Waals surface area (Å²) in [5.74, 6) is -2.29. The molecular weight excluding hydrogens is 592 g/mol. The van der Waals surface area contributed by atoms with Crippen molar-refractivity contribution in [1.29, 1.82) is 5.26 Å². The van der Waals surface area contributed by atoms with Gasteiger partial charge in [-0.3, -0.25) is 9.59 Å². The lowest BCUT2D eigenvalue weighted by molar-refractivity contribution is -0.131. The summed E-state index contributed by atoms with van der Waals surface area (Å²) >= 11 is 6.38. The van der Waals surface area contributed by atoms with Crippen LogP contribution in [0.25, 0.3) is 0 Å². The molecule has 2 aromatic rings.